The van der Waals surface area contributed by atoms with Gasteiger partial charge in [-0.3, -0.25) is 4.79 Å². The molecule has 0 aromatic heterocycles. The van der Waals surface area contributed by atoms with Gasteiger partial charge in [0.1, 0.15) is 5.82 Å². The number of carbonyl (C=O) groups excluding carboxylic acids is 1. The molecule has 0 saturated carbocycles. The molecule has 2 rings (SSSR count). The van der Waals surface area contributed by atoms with E-state index in [1.807, 2.05) is 0 Å². The van der Waals surface area contributed by atoms with Gasteiger partial charge in [0.15, 0.2) is 0 Å². The summed E-state index contributed by atoms with van der Waals surface area (Å²) in [7, 11) is -0.818. The minimum Gasteiger partial charge on any atom is -0.322 e. The number of benzene rings is 2. The molecule has 0 unspecified atom stereocenters. The topological polar surface area (TPSA) is 66.5 Å². The predicted molar refractivity (Wildman–Crippen MR) is 86.7 cm³/mol. The van der Waals surface area contributed by atoms with E-state index in [2.05, 4.69) is 5.32 Å². The number of sulfonamides is 1. The van der Waals surface area contributed by atoms with Crippen LogP contribution in [0.1, 0.15) is 10.4 Å². The molecule has 0 spiro atoms. The largest absolute Gasteiger partial charge is 0.322 e. The van der Waals surface area contributed by atoms with E-state index in [0.717, 1.165) is 10.4 Å². The molecule has 0 aliphatic carbocycles. The fourth-order valence-electron chi connectivity index (χ4n) is 1.82. The van der Waals surface area contributed by atoms with Crippen LogP contribution < -0.4 is 5.32 Å². The lowest BCUT2D eigenvalue weighted by atomic mass is 10.2. The molecule has 0 aliphatic heterocycles. The number of halogens is 2. The first-order valence-electron chi connectivity index (χ1n) is 6.51. The number of hydrogen-bond donors (Lipinski definition) is 1. The van der Waals surface area contributed by atoms with Crippen molar-refractivity contribution in [3.8, 4) is 0 Å². The molecule has 2 aromatic carbocycles. The van der Waals surface area contributed by atoms with Gasteiger partial charge in [-0.25, -0.2) is 17.1 Å². The fourth-order valence-corrected chi connectivity index (χ4v) is 2.94. The summed E-state index contributed by atoms with van der Waals surface area (Å²) in [5.74, 6) is -1.44. The lowest BCUT2D eigenvalue weighted by Gasteiger charge is -2.13. The van der Waals surface area contributed by atoms with E-state index in [0.29, 0.717) is 0 Å². The van der Waals surface area contributed by atoms with E-state index >= 15 is 0 Å². The average molecular weight is 357 g/mol. The minimum atomic E-state index is -3.63. The molecule has 0 atom stereocenters. The SMILES string of the molecule is CN(C)S(=O)(=O)c1cccc(NC(=O)c2cc(Cl)ccc2F)c1. The van der Waals surface area contributed by atoms with Crippen molar-refractivity contribution in [3.63, 3.8) is 0 Å². The third-order valence-electron chi connectivity index (χ3n) is 3.04. The second-order valence-corrected chi connectivity index (χ2v) is 7.48. The Morgan fingerprint density at radius 2 is 1.87 bits per heavy atom. The highest BCUT2D eigenvalue weighted by Crippen LogP contribution is 2.20. The number of carbonyl (C=O) groups is 1. The third kappa shape index (κ3) is 3.87. The van der Waals surface area contributed by atoms with E-state index in [1.54, 1.807) is 0 Å². The van der Waals surface area contributed by atoms with E-state index in [9.17, 15) is 17.6 Å². The van der Waals surface area contributed by atoms with Gasteiger partial charge in [-0.05, 0) is 36.4 Å². The van der Waals surface area contributed by atoms with Crippen molar-refractivity contribution in [2.45, 2.75) is 4.90 Å². The van der Waals surface area contributed by atoms with Gasteiger partial charge >= 0.3 is 0 Å². The van der Waals surface area contributed by atoms with Crippen LogP contribution in [0.5, 0.6) is 0 Å². The highest BCUT2D eigenvalue weighted by molar-refractivity contribution is 7.89. The minimum absolute atomic E-state index is 0.0202. The molecule has 122 valence electrons. The monoisotopic (exact) mass is 356 g/mol. The van der Waals surface area contributed by atoms with E-state index in [-0.39, 0.29) is 21.2 Å². The number of anilines is 1. The van der Waals surface area contributed by atoms with Gasteiger partial charge in [0.2, 0.25) is 10.0 Å². The molecular formula is C15H14ClFN2O3S. The summed E-state index contributed by atoms with van der Waals surface area (Å²) in [5.41, 5.74) is 0.00988. The molecule has 1 amide bonds. The number of hydrogen-bond acceptors (Lipinski definition) is 3. The molecule has 2 aromatic rings. The van der Waals surface area contributed by atoms with Crippen LogP contribution in [0, 0.1) is 5.82 Å². The predicted octanol–water partition coefficient (Wildman–Crippen LogP) is 2.98. The standard InChI is InChI=1S/C15H14ClFN2O3S/c1-19(2)23(21,22)12-5-3-4-11(9-12)18-15(20)13-8-10(16)6-7-14(13)17/h3-9H,1-2H3,(H,18,20). The van der Waals surface area contributed by atoms with Crippen LogP contribution in [0.25, 0.3) is 0 Å². The Morgan fingerprint density at radius 1 is 1.17 bits per heavy atom. The van der Waals surface area contributed by atoms with Crippen molar-refractivity contribution in [3.05, 3.63) is 58.9 Å². The Kier molecular flexibility index (Phi) is 5.03. The molecular weight excluding hydrogens is 343 g/mol. The zero-order chi connectivity index (χ0) is 17.2. The zero-order valence-electron chi connectivity index (χ0n) is 12.4. The zero-order valence-corrected chi connectivity index (χ0v) is 14.0. The number of nitrogens with one attached hydrogen (secondary N) is 1. The summed E-state index contributed by atoms with van der Waals surface area (Å²) >= 11 is 5.75. The summed E-state index contributed by atoms with van der Waals surface area (Å²) in [4.78, 5) is 12.1. The average Bonchev–Trinajstić information content (AvgIpc) is 2.49. The molecule has 0 aliphatic rings. The molecule has 5 nitrogen and oxygen atoms in total. The van der Waals surface area contributed by atoms with Crippen LogP contribution in [0.2, 0.25) is 5.02 Å². The van der Waals surface area contributed by atoms with Crippen LogP contribution in [-0.4, -0.2) is 32.7 Å². The normalized spacial score (nSPS) is 11.5. The Labute approximate surface area is 138 Å². The van der Waals surface area contributed by atoms with Crippen molar-refractivity contribution in [1.82, 2.24) is 4.31 Å². The first-order valence-corrected chi connectivity index (χ1v) is 8.32. The van der Waals surface area contributed by atoms with Crippen molar-refractivity contribution < 1.29 is 17.6 Å². The maximum atomic E-state index is 13.7. The first kappa shape index (κ1) is 17.4. The molecule has 0 saturated heterocycles. The van der Waals surface area contributed by atoms with Crippen molar-refractivity contribution >= 4 is 33.2 Å². The second-order valence-electron chi connectivity index (χ2n) is 4.89. The Balaban J connectivity index is 2.31. The van der Waals surface area contributed by atoms with Gasteiger partial charge in [0.25, 0.3) is 5.91 Å². The molecule has 0 radical (unpaired) electrons. The van der Waals surface area contributed by atoms with Crippen LogP contribution in [-0.2, 0) is 10.0 Å². The Bertz CT molecular complexity index is 854. The smallest absolute Gasteiger partial charge is 0.258 e. The first-order chi connectivity index (χ1) is 10.7. The van der Waals surface area contributed by atoms with Crippen LogP contribution in [0.15, 0.2) is 47.4 Å². The Morgan fingerprint density at radius 3 is 2.52 bits per heavy atom. The van der Waals surface area contributed by atoms with Gasteiger partial charge in [-0.15, -0.1) is 0 Å². The molecule has 1 N–H and O–H groups in total. The summed E-state index contributed by atoms with van der Waals surface area (Å²) in [5, 5.41) is 2.68. The van der Waals surface area contributed by atoms with Gasteiger partial charge in [-0.1, -0.05) is 17.7 Å². The van der Waals surface area contributed by atoms with E-state index in [1.165, 1.54) is 50.5 Å². The summed E-state index contributed by atoms with van der Waals surface area (Å²) in [6, 6.07) is 9.32. The summed E-state index contributed by atoms with van der Waals surface area (Å²) in [6.07, 6.45) is 0. The van der Waals surface area contributed by atoms with Gasteiger partial charge in [0.05, 0.1) is 10.5 Å². The molecule has 0 fully saturated rings. The van der Waals surface area contributed by atoms with Crippen molar-refractivity contribution in [1.29, 1.82) is 0 Å². The van der Waals surface area contributed by atoms with Crippen LogP contribution >= 0.6 is 11.6 Å². The van der Waals surface area contributed by atoms with Gasteiger partial charge < -0.3 is 5.32 Å². The second kappa shape index (κ2) is 6.66. The van der Waals surface area contributed by atoms with E-state index < -0.39 is 21.7 Å². The van der Waals surface area contributed by atoms with Crippen molar-refractivity contribution in [2.75, 3.05) is 19.4 Å². The summed E-state index contributed by atoms with van der Waals surface area (Å²) < 4.78 is 38.9. The maximum absolute atomic E-state index is 13.7. The molecule has 0 heterocycles. The number of nitrogens with zero attached hydrogens (tertiary/aromatic N) is 1. The molecule has 8 heteroatoms. The quantitative estimate of drug-likeness (QED) is 0.915. The van der Waals surface area contributed by atoms with Crippen LogP contribution in [0.4, 0.5) is 10.1 Å². The van der Waals surface area contributed by atoms with E-state index in [4.69, 9.17) is 11.6 Å². The molecule has 23 heavy (non-hydrogen) atoms. The highest BCUT2D eigenvalue weighted by Gasteiger charge is 2.18. The fraction of sp³-hybridized carbons (Fsp3) is 0.133. The third-order valence-corrected chi connectivity index (χ3v) is 5.09. The maximum Gasteiger partial charge on any atom is 0.258 e. The lowest BCUT2D eigenvalue weighted by Crippen LogP contribution is -2.22. The lowest BCUT2D eigenvalue weighted by molar-refractivity contribution is 0.102. The number of amides is 1. The number of rotatable bonds is 4. The van der Waals surface area contributed by atoms with Gasteiger partial charge in [0, 0.05) is 24.8 Å². The highest BCUT2D eigenvalue weighted by atomic mass is 35.5. The Hall–Kier alpha value is -1.96. The van der Waals surface area contributed by atoms with Crippen molar-refractivity contribution in [2.24, 2.45) is 0 Å². The molecule has 0 bridgehead atoms. The summed E-state index contributed by atoms with van der Waals surface area (Å²) in [6.45, 7) is 0. The van der Waals surface area contributed by atoms with Crippen LogP contribution in [0.3, 0.4) is 0 Å². The van der Waals surface area contributed by atoms with Gasteiger partial charge in [-0.2, -0.15) is 0 Å².